The van der Waals surface area contributed by atoms with E-state index in [9.17, 15) is 14.7 Å². The van der Waals surface area contributed by atoms with Crippen molar-refractivity contribution in [3.63, 3.8) is 0 Å². The smallest absolute Gasteiger partial charge is 0.221 e. The van der Waals surface area contributed by atoms with Crippen LogP contribution in [0.15, 0.2) is 77.7 Å². The first kappa shape index (κ1) is 26.9. The summed E-state index contributed by atoms with van der Waals surface area (Å²) < 4.78 is 13.0. The molecule has 37 heavy (non-hydrogen) atoms. The number of carbonyl (C=O) groups is 2. The molecule has 0 unspecified atom stereocenters. The molecule has 7 nitrogen and oxygen atoms in total. The van der Waals surface area contributed by atoms with E-state index < -0.39 is 6.29 Å². The molecule has 4 rings (SSSR count). The Morgan fingerprint density at radius 1 is 0.865 bits per heavy atom. The van der Waals surface area contributed by atoms with Crippen LogP contribution in [0.1, 0.15) is 49.9 Å². The lowest BCUT2D eigenvalue weighted by molar-refractivity contribution is -0.268. The number of aliphatic hydroxyl groups excluding tert-OH is 1. The zero-order valence-electron chi connectivity index (χ0n) is 21.1. The van der Waals surface area contributed by atoms with Crippen LogP contribution in [0.3, 0.4) is 0 Å². The Morgan fingerprint density at radius 2 is 1.54 bits per heavy atom. The summed E-state index contributed by atoms with van der Waals surface area (Å²) in [6.45, 7) is 5.08. The van der Waals surface area contributed by atoms with Crippen LogP contribution in [-0.4, -0.2) is 28.8 Å². The van der Waals surface area contributed by atoms with Gasteiger partial charge in [0, 0.05) is 47.4 Å². The summed E-state index contributed by atoms with van der Waals surface area (Å²) >= 11 is 1.69. The maximum atomic E-state index is 11.6. The van der Waals surface area contributed by atoms with Gasteiger partial charge in [0.15, 0.2) is 6.29 Å². The highest BCUT2D eigenvalue weighted by molar-refractivity contribution is 7.99. The molecule has 1 saturated heterocycles. The van der Waals surface area contributed by atoms with Crippen molar-refractivity contribution in [1.82, 2.24) is 0 Å². The van der Waals surface area contributed by atoms with Gasteiger partial charge in [-0.1, -0.05) is 43.3 Å². The molecule has 194 valence electrons. The molecule has 1 heterocycles. The van der Waals surface area contributed by atoms with Crippen LogP contribution in [0.25, 0.3) is 0 Å². The molecule has 3 N–H and O–H groups in total. The third kappa shape index (κ3) is 7.20. The Labute approximate surface area is 221 Å². The van der Waals surface area contributed by atoms with Crippen LogP contribution in [0.4, 0.5) is 11.4 Å². The molecule has 0 radical (unpaired) electrons. The van der Waals surface area contributed by atoms with Gasteiger partial charge >= 0.3 is 0 Å². The number of ether oxygens (including phenoxy) is 2. The average Bonchev–Trinajstić information content (AvgIpc) is 2.88. The van der Waals surface area contributed by atoms with Gasteiger partial charge in [0.1, 0.15) is 0 Å². The molecule has 4 atom stereocenters. The van der Waals surface area contributed by atoms with Gasteiger partial charge in [0.25, 0.3) is 0 Å². The number of anilines is 2. The summed E-state index contributed by atoms with van der Waals surface area (Å²) in [5.41, 5.74) is 4.14. The van der Waals surface area contributed by atoms with Crippen molar-refractivity contribution < 1.29 is 24.2 Å². The number of carbonyl (C=O) groups excluding carboxylic acids is 2. The van der Waals surface area contributed by atoms with E-state index >= 15 is 0 Å². The van der Waals surface area contributed by atoms with E-state index in [1.165, 1.54) is 13.8 Å². The Bertz CT molecular complexity index is 1220. The third-order valence-corrected chi connectivity index (χ3v) is 7.29. The molecule has 0 aliphatic carbocycles. The van der Waals surface area contributed by atoms with Gasteiger partial charge in [-0.15, -0.1) is 11.8 Å². The first-order valence-electron chi connectivity index (χ1n) is 12.2. The van der Waals surface area contributed by atoms with Crippen LogP contribution in [0, 0.1) is 5.92 Å². The standard InChI is InChI=1S/C29H32N2O5S/c1-18-27(17-37-26-13-11-24(12-14-26)30-19(2)33)35-29(23-5-4-6-25(15-23)31-20(3)34)36-28(18)22-9-7-21(16-32)8-10-22/h4-15,18,27-29,32H,16-17H2,1-3H3,(H,30,33)(H,31,34)/t18-,27+,28+,29+/m1/s1. The van der Waals surface area contributed by atoms with Crippen molar-refractivity contribution in [3.05, 3.63) is 89.5 Å². The molecule has 1 aliphatic rings. The van der Waals surface area contributed by atoms with Crippen molar-refractivity contribution in [2.75, 3.05) is 16.4 Å². The zero-order valence-corrected chi connectivity index (χ0v) is 22.0. The van der Waals surface area contributed by atoms with Crippen molar-refractivity contribution in [3.8, 4) is 0 Å². The number of rotatable bonds is 8. The highest BCUT2D eigenvalue weighted by Crippen LogP contribution is 2.43. The zero-order chi connectivity index (χ0) is 26.4. The van der Waals surface area contributed by atoms with Gasteiger partial charge in [0.05, 0.1) is 18.8 Å². The Balaban J connectivity index is 1.55. The van der Waals surface area contributed by atoms with Crippen molar-refractivity contribution in [1.29, 1.82) is 0 Å². The number of hydrogen-bond donors (Lipinski definition) is 3. The minimum atomic E-state index is -0.611. The second-order valence-corrected chi connectivity index (χ2v) is 10.2. The molecule has 0 spiro atoms. The molecule has 3 aromatic rings. The number of thioether (sulfide) groups is 1. The summed E-state index contributed by atoms with van der Waals surface area (Å²) in [5, 5.41) is 15.0. The monoisotopic (exact) mass is 520 g/mol. The molecule has 2 amide bonds. The first-order valence-corrected chi connectivity index (χ1v) is 13.2. The molecule has 1 fully saturated rings. The highest BCUT2D eigenvalue weighted by Gasteiger charge is 2.38. The molecular formula is C29H32N2O5S. The second kappa shape index (κ2) is 12.4. The maximum Gasteiger partial charge on any atom is 0.221 e. The first-order chi connectivity index (χ1) is 17.8. The molecule has 0 bridgehead atoms. The number of amides is 2. The van der Waals surface area contributed by atoms with Crippen LogP contribution in [0.5, 0.6) is 0 Å². The predicted octanol–water partition coefficient (Wildman–Crippen LogP) is 5.68. The van der Waals surface area contributed by atoms with Gasteiger partial charge in [0.2, 0.25) is 11.8 Å². The Hall–Kier alpha value is -3.17. The third-order valence-electron chi connectivity index (χ3n) is 6.19. The lowest BCUT2D eigenvalue weighted by Crippen LogP contribution is -2.38. The lowest BCUT2D eigenvalue weighted by Gasteiger charge is -2.41. The molecule has 8 heteroatoms. The summed E-state index contributed by atoms with van der Waals surface area (Å²) in [6.07, 6.45) is -0.950. The van der Waals surface area contributed by atoms with Crippen molar-refractivity contribution >= 4 is 35.0 Å². The molecule has 0 saturated carbocycles. The Morgan fingerprint density at radius 3 is 2.19 bits per heavy atom. The SMILES string of the molecule is CC(=O)Nc1ccc(SC[C@@H]2O[C@H](c3cccc(NC(C)=O)c3)O[C@H](c3ccc(CO)cc3)[C@@H]2C)cc1. The van der Waals surface area contributed by atoms with Gasteiger partial charge in [-0.05, 0) is 47.5 Å². The van der Waals surface area contributed by atoms with E-state index in [2.05, 4.69) is 17.6 Å². The summed E-state index contributed by atoms with van der Waals surface area (Å²) in [7, 11) is 0. The summed E-state index contributed by atoms with van der Waals surface area (Å²) in [6, 6.07) is 23.1. The van der Waals surface area contributed by atoms with Gasteiger partial charge in [-0.2, -0.15) is 0 Å². The number of benzene rings is 3. The topological polar surface area (TPSA) is 96.9 Å². The molecule has 0 aromatic heterocycles. The fraction of sp³-hybridized carbons (Fsp3) is 0.310. The van der Waals surface area contributed by atoms with Crippen molar-refractivity contribution in [2.24, 2.45) is 5.92 Å². The van der Waals surface area contributed by atoms with Crippen LogP contribution < -0.4 is 10.6 Å². The van der Waals surface area contributed by atoms with E-state index in [4.69, 9.17) is 9.47 Å². The summed E-state index contributed by atoms with van der Waals surface area (Å²) in [5.74, 6) is 0.520. The van der Waals surface area contributed by atoms with E-state index in [0.29, 0.717) is 11.4 Å². The van der Waals surface area contributed by atoms with Gasteiger partial charge < -0.3 is 25.2 Å². The fourth-order valence-electron chi connectivity index (χ4n) is 4.29. The quantitative estimate of drug-likeness (QED) is 0.331. The second-order valence-electron chi connectivity index (χ2n) is 9.15. The average molecular weight is 521 g/mol. The van der Waals surface area contributed by atoms with E-state index in [-0.39, 0.29) is 36.5 Å². The highest BCUT2D eigenvalue weighted by atomic mass is 32.2. The van der Waals surface area contributed by atoms with Crippen molar-refractivity contribution in [2.45, 2.75) is 50.8 Å². The minimum Gasteiger partial charge on any atom is -0.392 e. The van der Waals surface area contributed by atoms with Gasteiger partial charge in [-0.25, -0.2) is 0 Å². The Kier molecular flexibility index (Phi) is 9.00. The fourth-order valence-corrected chi connectivity index (χ4v) is 5.36. The largest absolute Gasteiger partial charge is 0.392 e. The number of hydrogen-bond acceptors (Lipinski definition) is 6. The van der Waals surface area contributed by atoms with Crippen LogP contribution in [0.2, 0.25) is 0 Å². The van der Waals surface area contributed by atoms with E-state index in [1.54, 1.807) is 11.8 Å². The van der Waals surface area contributed by atoms with Gasteiger partial charge in [-0.3, -0.25) is 9.59 Å². The molecule has 1 aliphatic heterocycles. The maximum absolute atomic E-state index is 11.6. The summed E-state index contributed by atoms with van der Waals surface area (Å²) in [4.78, 5) is 23.9. The number of nitrogens with one attached hydrogen (secondary N) is 2. The lowest BCUT2D eigenvalue weighted by atomic mass is 9.91. The predicted molar refractivity (Wildman–Crippen MR) is 145 cm³/mol. The molecule has 3 aromatic carbocycles. The normalized spacial score (nSPS) is 21.3. The van der Waals surface area contributed by atoms with Crippen LogP contribution in [-0.2, 0) is 25.7 Å². The number of aliphatic hydroxyl groups is 1. The van der Waals surface area contributed by atoms with Crippen LogP contribution >= 0.6 is 11.8 Å². The van der Waals surface area contributed by atoms with E-state index in [1.807, 2.05) is 72.8 Å². The minimum absolute atomic E-state index is 0.0109. The molecular weight excluding hydrogens is 488 g/mol. The van der Waals surface area contributed by atoms with E-state index in [0.717, 1.165) is 27.3 Å².